The van der Waals surface area contributed by atoms with Crippen LogP contribution in [-0.4, -0.2) is 10.1 Å². The van der Waals surface area contributed by atoms with E-state index in [1.54, 1.807) is 18.3 Å². The summed E-state index contributed by atoms with van der Waals surface area (Å²) in [5, 5.41) is 9.30. The van der Waals surface area contributed by atoms with E-state index in [4.69, 9.17) is 0 Å². The zero-order chi connectivity index (χ0) is 8.55. The number of thiazole rings is 1. The van der Waals surface area contributed by atoms with Gasteiger partial charge in [0, 0.05) is 0 Å². The van der Waals surface area contributed by atoms with Crippen LogP contribution in [0, 0.1) is 0 Å². The summed E-state index contributed by atoms with van der Waals surface area (Å²) in [7, 11) is 0. The standard InChI is InChI=1S/C9H9NOS/c1-6(11)7-2-3-8-9(4-7)12-5-10-8/h2-6,11H,1H3. The first-order valence-electron chi connectivity index (χ1n) is 3.78. The molecule has 0 aliphatic rings. The van der Waals surface area contributed by atoms with Gasteiger partial charge in [-0.3, -0.25) is 0 Å². The molecule has 0 aliphatic heterocycles. The highest BCUT2D eigenvalue weighted by Crippen LogP contribution is 2.22. The molecule has 3 heteroatoms. The van der Waals surface area contributed by atoms with Crippen molar-refractivity contribution >= 4 is 21.6 Å². The van der Waals surface area contributed by atoms with E-state index in [1.807, 2.05) is 23.7 Å². The quantitative estimate of drug-likeness (QED) is 0.729. The fraction of sp³-hybridized carbons (Fsp3) is 0.222. The van der Waals surface area contributed by atoms with Gasteiger partial charge in [-0.05, 0) is 24.6 Å². The van der Waals surface area contributed by atoms with Crippen molar-refractivity contribution in [2.24, 2.45) is 0 Å². The van der Waals surface area contributed by atoms with Gasteiger partial charge in [0.1, 0.15) is 0 Å². The summed E-state index contributed by atoms with van der Waals surface area (Å²) in [6.07, 6.45) is -0.392. The average molecular weight is 179 g/mol. The Labute approximate surface area is 74.5 Å². The molecule has 0 fully saturated rings. The summed E-state index contributed by atoms with van der Waals surface area (Å²) in [6, 6.07) is 5.83. The average Bonchev–Trinajstić information content (AvgIpc) is 2.49. The van der Waals surface area contributed by atoms with Gasteiger partial charge in [-0.15, -0.1) is 11.3 Å². The number of benzene rings is 1. The topological polar surface area (TPSA) is 33.1 Å². The highest BCUT2D eigenvalue weighted by atomic mass is 32.1. The molecule has 2 nitrogen and oxygen atoms in total. The fourth-order valence-electron chi connectivity index (χ4n) is 1.13. The maximum atomic E-state index is 9.30. The maximum absolute atomic E-state index is 9.30. The molecule has 1 N–H and O–H groups in total. The Morgan fingerprint density at radius 3 is 3.08 bits per heavy atom. The van der Waals surface area contributed by atoms with Crippen LogP contribution in [0.1, 0.15) is 18.6 Å². The van der Waals surface area contributed by atoms with Gasteiger partial charge in [-0.2, -0.15) is 0 Å². The Balaban J connectivity index is 2.60. The molecule has 0 bridgehead atoms. The highest BCUT2D eigenvalue weighted by Gasteiger charge is 2.02. The van der Waals surface area contributed by atoms with E-state index >= 15 is 0 Å². The van der Waals surface area contributed by atoms with Gasteiger partial charge >= 0.3 is 0 Å². The third kappa shape index (κ3) is 1.21. The van der Waals surface area contributed by atoms with Crippen molar-refractivity contribution in [1.29, 1.82) is 0 Å². The first kappa shape index (κ1) is 7.71. The van der Waals surface area contributed by atoms with Crippen molar-refractivity contribution in [2.45, 2.75) is 13.0 Å². The Hall–Kier alpha value is -0.930. The summed E-state index contributed by atoms with van der Waals surface area (Å²) >= 11 is 1.60. The maximum Gasteiger partial charge on any atom is 0.0812 e. The molecule has 1 unspecified atom stereocenters. The number of hydrogen-bond acceptors (Lipinski definition) is 3. The molecule has 2 rings (SSSR count). The molecule has 0 amide bonds. The monoisotopic (exact) mass is 179 g/mol. The normalized spacial score (nSPS) is 13.5. The molecular weight excluding hydrogens is 170 g/mol. The minimum absolute atomic E-state index is 0.392. The lowest BCUT2D eigenvalue weighted by atomic mass is 10.1. The van der Waals surface area contributed by atoms with Gasteiger partial charge in [0.25, 0.3) is 0 Å². The Bertz CT molecular complexity index is 394. The molecule has 12 heavy (non-hydrogen) atoms. The molecule has 62 valence electrons. The number of hydrogen-bond donors (Lipinski definition) is 1. The van der Waals surface area contributed by atoms with Gasteiger partial charge in [0.2, 0.25) is 0 Å². The molecule has 1 aromatic carbocycles. The van der Waals surface area contributed by atoms with Crippen molar-refractivity contribution in [3.63, 3.8) is 0 Å². The lowest BCUT2D eigenvalue weighted by molar-refractivity contribution is 0.199. The summed E-state index contributed by atoms with van der Waals surface area (Å²) in [5.41, 5.74) is 3.77. The second-order valence-corrected chi connectivity index (χ2v) is 3.64. The van der Waals surface area contributed by atoms with Crippen molar-refractivity contribution in [3.8, 4) is 0 Å². The Kier molecular flexibility index (Phi) is 1.83. The number of aliphatic hydroxyl groups excluding tert-OH is 1. The predicted molar refractivity (Wildman–Crippen MR) is 50.3 cm³/mol. The number of rotatable bonds is 1. The third-order valence-corrected chi connectivity index (χ3v) is 2.63. The summed E-state index contributed by atoms with van der Waals surface area (Å²) in [5.74, 6) is 0. The number of nitrogens with zero attached hydrogens (tertiary/aromatic N) is 1. The van der Waals surface area contributed by atoms with Gasteiger partial charge in [-0.1, -0.05) is 6.07 Å². The summed E-state index contributed by atoms with van der Waals surface area (Å²) in [6.45, 7) is 1.77. The van der Waals surface area contributed by atoms with E-state index in [1.165, 1.54) is 0 Å². The van der Waals surface area contributed by atoms with E-state index < -0.39 is 6.10 Å². The minimum Gasteiger partial charge on any atom is -0.389 e. The van der Waals surface area contributed by atoms with E-state index in [2.05, 4.69) is 4.98 Å². The molecular formula is C9H9NOS. The first-order valence-corrected chi connectivity index (χ1v) is 4.66. The number of aromatic nitrogens is 1. The van der Waals surface area contributed by atoms with Gasteiger partial charge in [0.05, 0.1) is 21.8 Å². The molecule has 0 spiro atoms. The van der Waals surface area contributed by atoms with Gasteiger partial charge in [-0.25, -0.2) is 4.98 Å². The Morgan fingerprint density at radius 2 is 2.33 bits per heavy atom. The van der Waals surface area contributed by atoms with Crippen LogP contribution < -0.4 is 0 Å². The van der Waals surface area contributed by atoms with Crippen LogP contribution in [0.3, 0.4) is 0 Å². The van der Waals surface area contributed by atoms with Crippen LogP contribution in [0.15, 0.2) is 23.7 Å². The van der Waals surface area contributed by atoms with Crippen molar-refractivity contribution < 1.29 is 5.11 Å². The van der Waals surface area contributed by atoms with Crippen molar-refractivity contribution in [3.05, 3.63) is 29.3 Å². The van der Waals surface area contributed by atoms with E-state index in [-0.39, 0.29) is 0 Å². The van der Waals surface area contributed by atoms with Crippen LogP contribution in [0.25, 0.3) is 10.2 Å². The molecule has 0 saturated carbocycles. The van der Waals surface area contributed by atoms with Crippen molar-refractivity contribution in [1.82, 2.24) is 4.98 Å². The molecule has 0 radical (unpaired) electrons. The van der Waals surface area contributed by atoms with Crippen LogP contribution in [0.5, 0.6) is 0 Å². The SMILES string of the molecule is CC(O)c1ccc2ncsc2c1. The van der Waals surface area contributed by atoms with Crippen LogP contribution in [-0.2, 0) is 0 Å². The van der Waals surface area contributed by atoms with E-state index in [0.29, 0.717) is 0 Å². The summed E-state index contributed by atoms with van der Waals surface area (Å²) in [4.78, 5) is 4.16. The first-order chi connectivity index (χ1) is 5.77. The van der Waals surface area contributed by atoms with Gasteiger partial charge in [0.15, 0.2) is 0 Å². The largest absolute Gasteiger partial charge is 0.389 e. The molecule has 0 saturated heterocycles. The smallest absolute Gasteiger partial charge is 0.0812 e. The van der Waals surface area contributed by atoms with Crippen LogP contribution in [0.4, 0.5) is 0 Å². The third-order valence-electron chi connectivity index (χ3n) is 1.84. The highest BCUT2D eigenvalue weighted by molar-refractivity contribution is 7.16. The van der Waals surface area contributed by atoms with Crippen LogP contribution in [0.2, 0.25) is 0 Å². The Morgan fingerprint density at radius 1 is 1.50 bits per heavy atom. The predicted octanol–water partition coefficient (Wildman–Crippen LogP) is 2.35. The summed E-state index contributed by atoms with van der Waals surface area (Å²) < 4.78 is 1.13. The molecule has 2 aromatic rings. The molecule has 1 atom stereocenters. The zero-order valence-corrected chi connectivity index (χ0v) is 7.51. The second-order valence-electron chi connectivity index (χ2n) is 2.76. The lowest BCUT2D eigenvalue weighted by Gasteiger charge is -2.02. The molecule has 1 aromatic heterocycles. The van der Waals surface area contributed by atoms with E-state index in [0.717, 1.165) is 15.8 Å². The minimum atomic E-state index is -0.392. The second kappa shape index (κ2) is 2.84. The fourth-order valence-corrected chi connectivity index (χ4v) is 1.86. The molecule has 1 heterocycles. The number of aliphatic hydroxyl groups is 1. The number of fused-ring (bicyclic) bond motifs is 1. The van der Waals surface area contributed by atoms with Crippen LogP contribution >= 0.6 is 11.3 Å². The van der Waals surface area contributed by atoms with Crippen molar-refractivity contribution in [2.75, 3.05) is 0 Å². The zero-order valence-electron chi connectivity index (χ0n) is 6.69. The molecule has 0 aliphatic carbocycles. The lowest BCUT2D eigenvalue weighted by Crippen LogP contribution is -1.88. The van der Waals surface area contributed by atoms with Gasteiger partial charge < -0.3 is 5.11 Å². The van der Waals surface area contributed by atoms with E-state index in [9.17, 15) is 5.11 Å².